The Bertz CT molecular complexity index is 320. The normalized spacial score (nSPS) is 12.2. The minimum absolute atomic E-state index is 0.0296. The first-order chi connectivity index (χ1) is 13.7. The first kappa shape index (κ1) is 27.9. The van der Waals surface area contributed by atoms with Crippen LogP contribution in [0.25, 0.3) is 0 Å². The van der Waals surface area contributed by atoms with Crippen LogP contribution in [0.3, 0.4) is 0 Å². The van der Waals surface area contributed by atoms with Crippen LogP contribution in [0, 0.1) is 5.92 Å². The van der Waals surface area contributed by atoms with Crippen molar-refractivity contribution in [2.45, 2.75) is 136 Å². The van der Waals surface area contributed by atoms with Crippen LogP contribution in [0.5, 0.6) is 0 Å². The molecule has 28 heavy (non-hydrogen) atoms. The summed E-state index contributed by atoms with van der Waals surface area (Å²) in [5.74, 6) is 0.609. The summed E-state index contributed by atoms with van der Waals surface area (Å²) in [7, 11) is 0. The molecule has 2 nitrogen and oxygen atoms in total. The van der Waals surface area contributed by atoms with E-state index in [0.29, 0.717) is 18.9 Å². The molecule has 168 valence electrons. The summed E-state index contributed by atoms with van der Waals surface area (Å²) in [6.07, 6.45) is 23.6. The highest BCUT2D eigenvalue weighted by Crippen LogP contribution is 2.20. The Morgan fingerprint density at radius 2 is 1.14 bits per heavy atom. The molecule has 0 aromatic carbocycles. The van der Waals surface area contributed by atoms with E-state index in [1.54, 1.807) is 0 Å². The zero-order chi connectivity index (χ0) is 20.7. The highest BCUT2D eigenvalue weighted by Gasteiger charge is 2.12. The topological polar surface area (TPSA) is 26.3 Å². The van der Waals surface area contributed by atoms with Crippen LogP contribution in [-0.2, 0) is 9.53 Å². The monoisotopic (exact) mass is 460 g/mol. The fourth-order valence-electron chi connectivity index (χ4n) is 3.74. The van der Waals surface area contributed by atoms with Crippen molar-refractivity contribution in [3.63, 3.8) is 0 Å². The third kappa shape index (κ3) is 20.7. The van der Waals surface area contributed by atoms with Crippen molar-refractivity contribution in [2.75, 3.05) is 11.9 Å². The molecule has 0 spiro atoms. The second-order valence-electron chi connectivity index (χ2n) is 8.52. The van der Waals surface area contributed by atoms with Crippen molar-refractivity contribution in [1.29, 1.82) is 0 Å². The van der Waals surface area contributed by atoms with E-state index in [2.05, 4.69) is 29.8 Å². The molecule has 3 heteroatoms. The number of ether oxygens (including phenoxy) is 1. The van der Waals surface area contributed by atoms with Gasteiger partial charge in [0.15, 0.2) is 0 Å². The van der Waals surface area contributed by atoms with E-state index in [0.717, 1.165) is 18.2 Å². The minimum Gasteiger partial charge on any atom is -0.465 e. The van der Waals surface area contributed by atoms with Gasteiger partial charge in [-0.1, -0.05) is 120 Å². The molecule has 1 unspecified atom stereocenters. The molecule has 0 aromatic rings. The Morgan fingerprint density at radius 3 is 1.71 bits per heavy atom. The van der Waals surface area contributed by atoms with Gasteiger partial charge in [0.1, 0.15) is 0 Å². The van der Waals surface area contributed by atoms with E-state index in [-0.39, 0.29) is 5.97 Å². The van der Waals surface area contributed by atoms with Gasteiger partial charge in [0.25, 0.3) is 0 Å². The predicted octanol–water partition coefficient (Wildman–Crippen LogP) is 8.99. The summed E-state index contributed by atoms with van der Waals surface area (Å²) in [5, 5.41) is 1.11. The highest BCUT2D eigenvalue weighted by molar-refractivity contribution is 9.09. The molecule has 0 radical (unpaired) electrons. The van der Waals surface area contributed by atoms with Crippen molar-refractivity contribution in [1.82, 2.24) is 0 Å². The number of hydrogen-bond donors (Lipinski definition) is 0. The first-order valence-electron chi connectivity index (χ1n) is 12.5. The molecular weight excluding hydrogens is 412 g/mol. The number of hydrogen-bond acceptors (Lipinski definition) is 2. The Kier molecular flexibility index (Phi) is 23.2. The summed E-state index contributed by atoms with van der Waals surface area (Å²) in [5.41, 5.74) is 0. The molecule has 0 aliphatic heterocycles. The summed E-state index contributed by atoms with van der Waals surface area (Å²) >= 11 is 3.47. The van der Waals surface area contributed by atoms with E-state index in [9.17, 15) is 4.79 Å². The Balaban J connectivity index is 3.87. The van der Waals surface area contributed by atoms with Gasteiger partial charge in [0, 0.05) is 11.8 Å². The maximum absolute atomic E-state index is 12.1. The van der Waals surface area contributed by atoms with Crippen molar-refractivity contribution >= 4 is 21.9 Å². The number of alkyl halides is 1. The van der Waals surface area contributed by atoms with Crippen molar-refractivity contribution in [3.05, 3.63) is 0 Å². The zero-order valence-corrected chi connectivity index (χ0v) is 20.7. The molecule has 0 fully saturated rings. The molecule has 0 bridgehead atoms. The van der Waals surface area contributed by atoms with Gasteiger partial charge in [-0.2, -0.15) is 0 Å². The number of carbonyl (C=O) groups is 1. The van der Waals surface area contributed by atoms with Gasteiger partial charge in [0.2, 0.25) is 0 Å². The number of unbranched alkanes of at least 4 members (excludes halogenated alkanes) is 13. The molecule has 0 aliphatic carbocycles. The lowest BCUT2D eigenvalue weighted by Gasteiger charge is -2.17. The molecule has 0 saturated heterocycles. The lowest BCUT2D eigenvalue weighted by molar-refractivity contribution is -0.145. The first-order valence-corrected chi connectivity index (χ1v) is 13.6. The Hall–Kier alpha value is -0.0500. The molecule has 1 atom stereocenters. The number of halogens is 1. The highest BCUT2D eigenvalue weighted by atomic mass is 79.9. The van der Waals surface area contributed by atoms with Gasteiger partial charge < -0.3 is 4.74 Å². The van der Waals surface area contributed by atoms with E-state index in [1.165, 1.54) is 103 Å². The van der Waals surface area contributed by atoms with Gasteiger partial charge in [0.05, 0.1) is 6.61 Å². The number of carbonyl (C=O) groups excluding carboxylic acids is 1. The van der Waals surface area contributed by atoms with Gasteiger partial charge in [-0.15, -0.1) is 0 Å². The van der Waals surface area contributed by atoms with Gasteiger partial charge in [-0.25, -0.2) is 0 Å². The number of rotatable bonds is 22. The smallest absolute Gasteiger partial charge is 0.305 e. The third-order valence-corrected chi connectivity index (χ3v) is 6.24. The van der Waals surface area contributed by atoms with Gasteiger partial charge >= 0.3 is 5.97 Å². The fourth-order valence-corrected chi connectivity index (χ4v) is 4.13. The van der Waals surface area contributed by atoms with Crippen LogP contribution >= 0.6 is 15.9 Å². The molecule has 0 rings (SSSR count). The van der Waals surface area contributed by atoms with Crippen LogP contribution < -0.4 is 0 Å². The largest absolute Gasteiger partial charge is 0.465 e. The third-order valence-electron chi connectivity index (χ3n) is 5.68. The molecule has 0 aliphatic rings. The second kappa shape index (κ2) is 23.2. The molecule has 0 heterocycles. The Morgan fingerprint density at radius 1 is 0.679 bits per heavy atom. The summed E-state index contributed by atoms with van der Waals surface area (Å²) < 4.78 is 5.66. The number of esters is 1. The lowest BCUT2D eigenvalue weighted by atomic mass is 9.95. The second-order valence-corrected chi connectivity index (χ2v) is 9.31. The van der Waals surface area contributed by atoms with Crippen molar-refractivity contribution in [2.24, 2.45) is 5.92 Å². The van der Waals surface area contributed by atoms with Crippen molar-refractivity contribution < 1.29 is 9.53 Å². The van der Waals surface area contributed by atoms with E-state index in [4.69, 9.17) is 4.74 Å². The zero-order valence-electron chi connectivity index (χ0n) is 19.1. The van der Waals surface area contributed by atoms with Crippen LogP contribution in [0.4, 0.5) is 0 Å². The standard InChI is InChI=1S/C25H49BrO2/c1-3-5-7-9-12-16-20-24(19-15-8-6-4-2)23-28-25(27)21-17-13-10-11-14-18-22-26/h24H,3-23H2,1-2H3. The maximum atomic E-state index is 12.1. The molecule has 0 N–H and O–H groups in total. The predicted molar refractivity (Wildman–Crippen MR) is 127 cm³/mol. The van der Waals surface area contributed by atoms with Crippen LogP contribution in [0.15, 0.2) is 0 Å². The molecular formula is C25H49BrO2. The van der Waals surface area contributed by atoms with Crippen molar-refractivity contribution in [3.8, 4) is 0 Å². The summed E-state index contributed by atoms with van der Waals surface area (Å²) in [4.78, 5) is 12.1. The average molecular weight is 462 g/mol. The van der Waals surface area contributed by atoms with Crippen LogP contribution in [0.2, 0.25) is 0 Å². The van der Waals surface area contributed by atoms with E-state index >= 15 is 0 Å². The maximum Gasteiger partial charge on any atom is 0.305 e. The van der Waals surface area contributed by atoms with Gasteiger partial charge in [-0.3, -0.25) is 4.79 Å². The fraction of sp³-hybridized carbons (Fsp3) is 0.960. The lowest BCUT2D eigenvalue weighted by Crippen LogP contribution is -2.14. The summed E-state index contributed by atoms with van der Waals surface area (Å²) in [6, 6.07) is 0. The molecule has 0 aromatic heterocycles. The molecule has 0 amide bonds. The Labute approximate surface area is 185 Å². The molecule has 0 saturated carbocycles. The van der Waals surface area contributed by atoms with Crippen LogP contribution in [0.1, 0.15) is 136 Å². The quantitative estimate of drug-likeness (QED) is 0.0913. The minimum atomic E-state index is 0.0296. The van der Waals surface area contributed by atoms with Gasteiger partial charge in [-0.05, 0) is 31.6 Å². The summed E-state index contributed by atoms with van der Waals surface area (Å²) in [6.45, 7) is 5.19. The SMILES string of the molecule is CCCCCCCCC(CCCCCC)COC(=O)CCCCCCCCBr. The van der Waals surface area contributed by atoms with E-state index < -0.39 is 0 Å². The van der Waals surface area contributed by atoms with Crippen LogP contribution in [-0.4, -0.2) is 17.9 Å². The van der Waals surface area contributed by atoms with E-state index in [1.807, 2.05) is 0 Å². The average Bonchev–Trinajstić information content (AvgIpc) is 2.70.